The van der Waals surface area contributed by atoms with Crippen molar-refractivity contribution in [3.8, 4) is 5.88 Å². The van der Waals surface area contributed by atoms with Crippen molar-refractivity contribution in [3.63, 3.8) is 0 Å². The number of halogens is 1. The van der Waals surface area contributed by atoms with E-state index in [2.05, 4.69) is 14.7 Å². The molecule has 0 spiro atoms. The highest BCUT2D eigenvalue weighted by molar-refractivity contribution is 5.25. The predicted octanol–water partition coefficient (Wildman–Crippen LogP) is 0.365. The SMILES string of the molecule is Nc1cncc(OCF)n1. The second-order valence-corrected chi connectivity index (χ2v) is 1.54. The molecule has 1 aromatic heterocycles. The normalized spacial score (nSPS) is 9.30. The van der Waals surface area contributed by atoms with Gasteiger partial charge in [0, 0.05) is 0 Å². The van der Waals surface area contributed by atoms with Gasteiger partial charge in [0.25, 0.3) is 0 Å². The average Bonchev–Trinajstić information content (AvgIpc) is 1.88. The monoisotopic (exact) mass is 143 g/mol. The summed E-state index contributed by atoms with van der Waals surface area (Å²) in [7, 11) is 0. The molecule has 0 saturated carbocycles. The fourth-order valence-corrected chi connectivity index (χ4v) is 0.488. The number of nitrogens with zero attached hydrogens (tertiary/aromatic N) is 2. The van der Waals surface area contributed by atoms with Gasteiger partial charge in [-0.2, -0.15) is 4.98 Å². The summed E-state index contributed by atoms with van der Waals surface area (Å²) >= 11 is 0. The maximum atomic E-state index is 11.5. The van der Waals surface area contributed by atoms with Gasteiger partial charge >= 0.3 is 0 Å². The zero-order chi connectivity index (χ0) is 7.40. The summed E-state index contributed by atoms with van der Waals surface area (Å²) in [5.41, 5.74) is 5.21. The Morgan fingerprint density at radius 3 is 3.00 bits per heavy atom. The number of rotatable bonds is 2. The molecule has 0 aliphatic carbocycles. The Hall–Kier alpha value is -1.39. The van der Waals surface area contributed by atoms with E-state index in [0.29, 0.717) is 0 Å². The summed E-state index contributed by atoms with van der Waals surface area (Å²) < 4.78 is 15.8. The van der Waals surface area contributed by atoms with E-state index in [0.717, 1.165) is 0 Å². The van der Waals surface area contributed by atoms with Crippen molar-refractivity contribution < 1.29 is 9.13 Å². The fraction of sp³-hybridized carbons (Fsp3) is 0.200. The summed E-state index contributed by atoms with van der Waals surface area (Å²) in [5, 5.41) is 0. The van der Waals surface area contributed by atoms with Crippen LogP contribution >= 0.6 is 0 Å². The smallest absolute Gasteiger partial charge is 0.236 e. The second-order valence-electron chi connectivity index (χ2n) is 1.54. The highest BCUT2D eigenvalue weighted by Gasteiger charge is 1.93. The van der Waals surface area contributed by atoms with Gasteiger partial charge in [-0.15, -0.1) is 0 Å². The zero-order valence-electron chi connectivity index (χ0n) is 5.12. The van der Waals surface area contributed by atoms with Crippen molar-refractivity contribution in [2.24, 2.45) is 0 Å². The first-order valence-electron chi connectivity index (χ1n) is 2.59. The van der Waals surface area contributed by atoms with Crippen LogP contribution in [0.5, 0.6) is 5.88 Å². The van der Waals surface area contributed by atoms with Crippen molar-refractivity contribution in [1.29, 1.82) is 0 Å². The van der Waals surface area contributed by atoms with Crippen molar-refractivity contribution in [3.05, 3.63) is 12.4 Å². The summed E-state index contributed by atoms with van der Waals surface area (Å²) in [5.74, 6) is 0.313. The van der Waals surface area contributed by atoms with E-state index in [1.807, 2.05) is 0 Å². The third kappa shape index (κ3) is 1.54. The maximum absolute atomic E-state index is 11.5. The number of anilines is 1. The first kappa shape index (κ1) is 6.73. The number of ether oxygens (including phenoxy) is 1. The Kier molecular flexibility index (Phi) is 1.99. The molecule has 1 heterocycles. The Morgan fingerprint density at radius 2 is 2.40 bits per heavy atom. The van der Waals surface area contributed by atoms with Crippen LogP contribution in [0.3, 0.4) is 0 Å². The van der Waals surface area contributed by atoms with E-state index < -0.39 is 6.86 Å². The van der Waals surface area contributed by atoms with E-state index in [1.165, 1.54) is 12.4 Å². The molecule has 2 N–H and O–H groups in total. The molecule has 54 valence electrons. The highest BCUT2D eigenvalue weighted by atomic mass is 19.1. The molecule has 0 amide bonds. The molecular weight excluding hydrogens is 137 g/mol. The number of hydrogen-bond donors (Lipinski definition) is 1. The fourth-order valence-electron chi connectivity index (χ4n) is 0.488. The molecule has 0 aliphatic rings. The molecule has 5 heteroatoms. The molecule has 0 aromatic carbocycles. The molecule has 10 heavy (non-hydrogen) atoms. The molecule has 0 radical (unpaired) electrons. The third-order valence-corrected chi connectivity index (χ3v) is 0.834. The Balaban J connectivity index is 2.75. The van der Waals surface area contributed by atoms with Crippen molar-refractivity contribution in [2.45, 2.75) is 0 Å². The van der Waals surface area contributed by atoms with Gasteiger partial charge in [0.2, 0.25) is 12.7 Å². The third-order valence-electron chi connectivity index (χ3n) is 0.834. The van der Waals surface area contributed by atoms with Gasteiger partial charge in [0.05, 0.1) is 12.4 Å². The van der Waals surface area contributed by atoms with Gasteiger partial charge in [0.1, 0.15) is 5.82 Å². The van der Waals surface area contributed by atoms with Gasteiger partial charge in [-0.25, -0.2) is 4.39 Å². The predicted molar refractivity (Wildman–Crippen MR) is 33.0 cm³/mol. The molecule has 4 nitrogen and oxygen atoms in total. The average molecular weight is 143 g/mol. The largest absolute Gasteiger partial charge is 0.445 e. The Bertz CT molecular complexity index is 218. The van der Waals surface area contributed by atoms with Gasteiger partial charge < -0.3 is 10.5 Å². The molecule has 0 aliphatic heterocycles. The summed E-state index contributed by atoms with van der Waals surface area (Å²) in [4.78, 5) is 7.24. The molecule has 1 rings (SSSR count). The second kappa shape index (κ2) is 2.95. The number of nitrogen functional groups attached to an aromatic ring is 1. The van der Waals surface area contributed by atoms with Crippen molar-refractivity contribution in [2.75, 3.05) is 12.6 Å². The van der Waals surface area contributed by atoms with Crippen LogP contribution < -0.4 is 10.5 Å². The molecule has 1 aromatic rings. The number of aromatic nitrogens is 2. The van der Waals surface area contributed by atoms with Crippen molar-refractivity contribution >= 4 is 5.82 Å². The van der Waals surface area contributed by atoms with Crippen LogP contribution in [0.1, 0.15) is 0 Å². The first-order valence-corrected chi connectivity index (χ1v) is 2.59. The Labute approximate surface area is 56.9 Å². The van der Waals surface area contributed by atoms with Crippen LogP contribution in [0.4, 0.5) is 10.2 Å². The number of hydrogen-bond acceptors (Lipinski definition) is 4. The minimum Gasteiger partial charge on any atom is -0.445 e. The maximum Gasteiger partial charge on any atom is 0.236 e. The lowest BCUT2D eigenvalue weighted by Gasteiger charge is -1.97. The van der Waals surface area contributed by atoms with Crippen molar-refractivity contribution in [1.82, 2.24) is 9.97 Å². The van der Waals surface area contributed by atoms with E-state index in [-0.39, 0.29) is 11.7 Å². The lowest BCUT2D eigenvalue weighted by Crippen LogP contribution is -1.97. The molecule has 0 fully saturated rings. The van der Waals surface area contributed by atoms with Crippen LogP contribution in [0, 0.1) is 0 Å². The number of alkyl halides is 1. The first-order chi connectivity index (χ1) is 4.83. The van der Waals surface area contributed by atoms with Crippen LogP contribution in [0.2, 0.25) is 0 Å². The van der Waals surface area contributed by atoms with Crippen LogP contribution in [-0.4, -0.2) is 16.8 Å². The van der Waals surface area contributed by atoms with Crippen LogP contribution in [-0.2, 0) is 0 Å². The summed E-state index contributed by atoms with van der Waals surface area (Å²) in [6, 6.07) is 0. The zero-order valence-corrected chi connectivity index (χ0v) is 5.12. The minimum atomic E-state index is -0.919. The number of nitrogens with two attached hydrogens (primary N) is 1. The van der Waals surface area contributed by atoms with Gasteiger partial charge in [-0.3, -0.25) is 4.98 Å². The quantitative estimate of drug-likeness (QED) is 0.649. The molecule has 0 saturated heterocycles. The topological polar surface area (TPSA) is 61.0 Å². The summed E-state index contributed by atoms with van der Waals surface area (Å²) in [6.07, 6.45) is 2.64. The lowest BCUT2D eigenvalue weighted by molar-refractivity contribution is 0.184. The molecule has 0 atom stereocenters. The lowest BCUT2D eigenvalue weighted by atomic mass is 10.7. The van der Waals surface area contributed by atoms with Gasteiger partial charge in [-0.1, -0.05) is 0 Å². The Morgan fingerprint density at radius 1 is 1.60 bits per heavy atom. The van der Waals surface area contributed by atoms with E-state index in [4.69, 9.17) is 5.73 Å². The molecule has 0 unspecified atom stereocenters. The van der Waals surface area contributed by atoms with E-state index >= 15 is 0 Å². The van der Waals surface area contributed by atoms with Gasteiger partial charge in [0.15, 0.2) is 0 Å². The van der Waals surface area contributed by atoms with Crippen LogP contribution in [0.25, 0.3) is 0 Å². The van der Waals surface area contributed by atoms with E-state index in [1.54, 1.807) is 0 Å². The molecule has 0 bridgehead atoms. The summed E-state index contributed by atoms with van der Waals surface area (Å²) in [6.45, 7) is -0.919. The van der Waals surface area contributed by atoms with Gasteiger partial charge in [-0.05, 0) is 0 Å². The van der Waals surface area contributed by atoms with E-state index in [9.17, 15) is 4.39 Å². The molecular formula is C5H6FN3O. The highest BCUT2D eigenvalue weighted by Crippen LogP contribution is 2.04. The van der Waals surface area contributed by atoms with Crippen LogP contribution in [0.15, 0.2) is 12.4 Å². The standard InChI is InChI=1S/C5H6FN3O/c6-3-10-5-2-8-1-4(7)9-5/h1-2H,3H2,(H2,7,9). The minimum absolute atomic E-state index is 0.0995.